The minimum atomic E-state index is -0.946. The molecular formula is C10H14N2O2S. The Labute approximate surface area is 92.9 Å². The average Bonchev–Trinajstić information content (AvgIpc) is 2.59. The minimum absolute atomic E-state index is 0.719. The number of hydrogen-bond acceptors (Lipinski definition) is 4. The van der Waals surface area contributed by atoms with Crippen molar-refractivity contribution in [1.82, 2.24) is 9.88 Å². The summed E-state index contributed by atoms with van der Waals surface area (Å²) in [5.41, 5.74) is 0.719. The van der Waals surface area contributed by atoms with Crippen molar-refractivity contribution in [1.29, 1.82) is 0 Å². The summed E-state index contributed by atoms with van der Waals surface area (Å²) in [5.74, 6) is -0.946. The Morgan fingerprint density at radius 2 is 2.40 bits per heavy atom. The first kappa shape index (κ1) is 11.9. The van der Waals surface area contributed by atoms with E-state index >= 15 is 0 Å². The first-order valence-electron chi connectivity index (χ1n) is 4.58. The van der Waals surface area contributed by atoms with E-state index in [9.17, 15) is 4.79 Å². The summed E-state index contributed by atoms with van der Waals surface area (Å²) in [6.07, 6.45) is 3.52. The molecule has 15 heavy (non-hydrogen) atoms. The second-order valence-corrected chi connectivity index (χ2v) is 4.33. The highest BCUT2D eigenvalue weighted by molar-refractivity contribution is 7.09. The molecule has 0 amide bonds. The van der Waals surface area contributed by atoms with Crippen LogP contribution in [0.3, 0.4) is 0 Å². The number of thiazole rings is 1. The maximum absolute atomic E-state index is 10.3. The van der Waals surface area contributed by atoms with Crippen LogP contribution in [0.1, 0.15) is 10.7 Å². The fourth-order valence-corrected chi connectivity index (χ4v) is 1.75. The molecule has 0 aliphatic rings. The lowest BCUT2D eigenvalue weighted by atomic mass is 10.4. The number of hydrogen-bond donors (Lipinski definition) is 1. The Kier molecular flexibility index (Phi) is 4.45. The van der Waals surface area contributed by atoms with Crippen molar-refractivity contribution in [2.45, 2.75) is 6.42 Å². The number of rotatable bonds is 5. The van der Waals surface area contributed by atoms with E-state index in [1.807, 2.05) is 19.5 Å². The summed E-state index contributed by atoms with van der Waals surface area (Å²) < 4.78 is 0. The molecule has 5 heteroatoms. The molecule has 0 radical (unpaired) electrons. The summed E-state index contributed by atoms with van der Waals surface area (Å²) >= 11 is 1.56. The van der Waals surface area contributed by atoms with Crippen LogP contribution in [-0.4, -0.2) is 41.6 Å². The van der Waals surface area contributed by atoms with Crippen LogP contribution in [0.15, 0.2) is 11.5 Å². The Hall–Kier alpha value is -1.20. The first-order chi connectivity index (χ1) is 7.08. The van der Waals surface area contributed by atoms with Gasteiger partial charge in [-0.25, -0.2) is 9.78 Å². The van der Waals surface area contributed by atoms with Crippen molar-refractivity contribution in [2.75, 3.05) is 20.6 Å². The number of aromatic nitrogens is 1. The molecule has 0 fully saturated rings. The van der Waals surface area contributed by atoms with Gasteiger partial charge in [0.15, 0.2) is 0 Å². The van der Waals surface area contributed by atoms with Crippen LogP contribution in [0, 0.1) is 0 Å². The number of nitrogens with zero attached hydrogens (tertiary/aromatic N) is 2. The lowest BCUT2D eigenvalue weighted by molar-refractivity contribution is -0.131. The van der Waals surface area contributed by atoms with E-state index in [1.165, 1.54) is 6.08 Å². The van der Waals surface area contributed by atoms with Gasteiger partial charge in [-0.3, -0.25) is 0 Å². The summed E-state index contributed by atoms with van der Waals surface area (Å²) in [6, 6.07) is 0. The minimum Gasteiger partial charge on any atom is -0.478 e. The molecule has 0 aromatic carbocycles. The second-order valence-electron chi connectivity index (χ2n) is 3.39. The molecule has 1 aromatic heterocycles. The molecule has 0 unspecified atom stereocenters. The van der Waals surface area contributed by atoms with Crippen molar-refractivity contribution in [3.05, 3.63) is 22.2 Å². The third-order valence-electron chi connectivity index (χ3n) is 1.74. The van der Waals surface area contributed by atoms with Gasteiger partial charge < -0.3 is 10.0 Å². The topological polar surface area (TPSA) is 53.4 Å². The summed E-state index contributed by atoms with van der Waals surface area (Å²) in [4.78, 5) is 16.7. The maximum atomic E-state index is 10.3. The number of aliphatic carboxylic acids is 1. The molecule has 4 nitrogen and oxygen atoms in total. The van der Waals surface area contributed by atoms with Crippen molar-refractivity contribution in [3.63, 3.8) is 0 Å². The zero-order valence-electron chi connectivity index (χ0n) is 8.80. The zero-order chi connectivity index (χ0) is 11.3. The number of carbonyl (C=O) groups is 1. The van der Waals surface area contributed by atoms with Gasteiger partial charge in [-0.2, -0.15) is 0 Å². The molecule has 0 bridgehead atoms. The van der Waals surface area contributed by atoms with Crippen LogP contribution < -0.4 is 0 Å². The fourth-order valence-electron chi connectivity index (χ4n) is 0.992. The van der Waals surface area contributed by atoms with E-state index < -0.39 is 5.97 Å². The SMILES string of the molecule is CN(C)CCc1nc(/C=C/C(=O)O)cs1. The Balaban J connectivity index is 2.52. The summed E-state index contributed by atoms with van der Waals surface area (Å²) in [7, 11) is 4.03. The highest BCUT2D eigenvalue weighted by Gasteiger charge is 2.00. The predicted molar refractivity (Wildman–Crippen MR) is 61.0 cm³/mol. The lowest BCUT2D eigenvalue weighted by Crippen LogP contribution is -2.14. The van der Waals surface area contributed by atoms with Gasteiger partial charge in [-0.15, -0.1) is 11.3 Å². The maximum Gasteiger partial charge on any atom is 0.328 e. The monoisotopic (exact) mass is 226 g/mol. The lowest BCUT2D eigenvalue weighted by Gasteiger charge is -2.06. The van der Waals surface area contributed by atoms with E-state index in [1.54, 1.807) is 11.3 Å². The van der Waals surface area contributed by atoms with E-state index in [0.717, 1.165) is 29.7 Å². The second kappa shape index (κ2) is 5.63. The van der Waals surface area contributed by atoms with E-state index in [4.69, 9.17) is 5.11 Å². The third-order valence-corrected chi connectivity index (χ3v) is 2.67. The van der Waals surface area contributed by atoms with Gasteiger partial charge in [-0.1, -0.05) is 0 Å². The Bertz CT molecular complexity index is 358. The van der Waals surface area contributed by atoms with Crippen LogP contribution >= 0.6 is 11.3 Å². The number of carboxylic acids is 1. The van der Waals surface area contributed by atoms with Gasteiger partial charge in [0.25, 0.3) is 0 Å². The average molecular weight is 226 g/mol. The quantitative estimate of drug-likeness (QED) is 0.770. The largest absolute Gasteiger partial charge is 0.478 e. The molecule has 1 aromatic rings. The molecular weight excluding hydrogens is 212 g/mol. The van der Waals surface area contributed by atoms with Crippen LogP contribution in [0.5, 0.6) is 0 Å². The van der Waals surface area contributed by atoms with Gasteiger partial charge >= 0.3 is 5.97 Å². The molecule has 1 rings (SSSR count). The van der Waals surface area contributed by atoms with E-state index in [2.05, 4.69) is 9.88 Å². The molecule has 0 saturated heterocycles. The van der Waals surface area contributed by atoms with Crippen molar-refractivity contribution in [2.24, 2.45) is 0 Å². The van der Waals surface area contributed by atoms with Gasteiger partial charge in [0.1, 0.15) is 0 Å². The van der Waals surface area contributed by atoms with Crippen molar-refractivity contribution in [3.8, 4) is 0 Å². The fraction of sp³-hybridized carbons (Fsp3) is 0.400. The Morgan fingerprint density at radius 1 is 1.67 bits per heavy atom. The normalized spacial score (nSPS) is 11.4. The van der Waals surface area contributed by atoms with Crippen LogP contribution in [-0.2, 0) is 11.2 Å². The van der Waals surface area contributed by atoms with Crippen LogP contribution in [0.25, 0.3) is 6.08 Å². The Morgan fingerprint density at radius 3 is 3.00 bits per heavy atom. The zero-order valence-corrected chi connectivity index (χ0v) is 9.62. The van der Waals surface area contributed by atoms with E-state index in [0.29, 0.717) is 0 Å². The molecule has 0 spiro atoms. The molecule has 1 N–H and O–H groups in total. The van der Waals surface area contributed by atoms with Gasteiger partial charge in [0.05, 0.1) is 10.7 Å². The molecule has 0 saturated carbocycles. The standard InChI is InChI=1S/C10H14N2O2S/c1-12(2)6-5-9-11-8(7-15-9)3-4-10(13)14/h3-4,7H,5-6H2,1-2H3,(H,13,14)/b4-3+. The highest BCUT2D eigenvalue weighted by atomic mass is 32.1. The molecule has 0 aliphatic heterocycles. The van der Waals surface area contributed by atoms with Gasteiger partial charge in [0, 0.05) is 24.4 Å². The van der Waals surface area contributed by atoms with Crippen LogP contribution in [0.4, 0.5) is 0 Å². The highest BCUT2D eigenvalue weighted by Crippen LogP contribution is 2.11. The number of carboxylic acid groups (broad SMARTS) is 1. The van der Waals surface area contributed by atoms with Gasteiger partial charge in [0.2, 0.25) is 0 Å². The molecule has 0 aliphatic carbocycles. The first-order valence-corrected chi connectivity index (χ1v) is 5.46. The van der Waals surface area contributed by atoms with Crippen molar-refractivity contribution < 1.29 is 9.90 Å². The molecule has 0 atom stereocenters. The van der Waals surface area contributed by atoms with Crippen molar-refractivity contribution >= 4 is 23.4 Å². The predicted octanol–water partition coefficient (Wildman–Crippen LogP) is 1.34. The number of likely N-dealkylation sites (N-methyl/N-ethyl adjacent to an activating group) is 1. The molecule has 82 valence electrons. The third kappa shape index (κ3) is 4.71. The summed E-state index contributed by atoms with van der Waals surface area (Å²) in [6.45, 7) is 0.954. The molecule has 1 heterocycles. The van der Waals surface area contributed by atoms with E-state index in [-0.39, 0.29) is 0 Å². The van der Waals surface area contributed by atoms with Crippen LogP contribution in [0.2, 0.25) is 0 Å². The van der Waals surface area contributed by atoms with Gasteiger partial charge in [-0.05, 0) is 20.2 Å². The smallest absolute Gasteiger partial charge is 0.328 e. The summed E-state index contributed by atoms with van der Waals surface area (Å²) in [5, 5.41) is 11.3.